The van der Waals surface area contributed by atoms with Crippen molar-refractivity contribution in [3.63, 3.8) is 0 Å². The summed E-state index contributed by atoms with van der Waals surface area (Å²) in [5.74, 6) is 0.585. The van der Waals surface area contributed by atoms with Gasteiger partial charge in [0, 0.05) is 32.7 Å². The van der Waals surface area contributed by atoms with E-state index in [-0.39, 0.29) is 12.5 Å². The Balaban J connectivity index is 1.54. The second kappa shape index (κ2) is 9.91. The maximum absolute atomic E-state index is 12.6. The summed E-state index contributed by atoms with van der Waals surface area (Å²) in [4.78, 5) is 16.6. The molecule has 1 aliphatic rings. The SMILES string of the molecule is N#CCCN(CCN1CCOCC1)C(=O)COc1ccc2ccccc2c1. The third-order valence-corrected chi connectivity index (χ3v) is 4.72. The van der Waals surface area contributed by atoms with Gasteiger partial charge < -0.3 is 14.4 Å². The van der Waals surface area contributed by atoms with Crippen molar-refractivity contribution in [1.29, 1.82) is 5.26 Å². The van der Waals surface area contributed by atoms with E-state index in [4.69, 9.17) is 14.7 Å². The Morgan fingerprint density at radius 3 is 2.70 bits per heavy atom. The number of nitrogens with zero attached hydrogens (tertiary/aromatic N) is 3. The lowest BCUT2D eigenvalue weighted by atomic mass is 10.1. The zero-order valence-corrected chi connectivity index (χ0v) is 15.5. The Bertz CT molecular complexity index is 797. The van der Waals surface area contributed by atoms with Gasteiger partial charge in [0.2, 0.25) is 0 Å². The highest BCUT2D eigenvalue weighted by Crippen LogP contribution is 2.20. The van der Waals surface area contributed by atoms with Gasteiger partial charge in [-0.05, 0) is 22.9 Å². The van der Waals surface area contributed by atoms with E-state index < -0.39 is 0 Å². The summed E-state index contributed by atoms with van der Waals surface area (Å²) in [5.41, 5.74) is 0. The average molecular weight is 367 g/mol. The molecule has 0 aliphatic carbocycles. The van der Waals surface area contributed by atoms with Gasteiger partial charge in [0.15, 0.2) is 6.61 Å². The van der Waals surface area contributed by atoms with E-state index in [9.17, 15) is 4.79 Å². The molecule has 0 atom stereocenters. The van der Waals surface area contributed by atoms with Crippen molar-refractivity contribution in [2.45, 2.75) is 6.42 Å². The minimum atomic E-state index is -0.0910. The van der Waals surface area contributed by atoms with Gasteiger partial charge in [-0.2, -0.15) is 5.26 Å². The molecule has 2 aromatic rings. The lowest BCUT2D eigenvalue weighted by Gasteiger charge is -2.29. The van der Waals surface area contributed by atoms with Gasteiger partial charge in [0.05, 0.1) is 25.7 Å². The minimum absolute atomic E-state index is 0.0210. The topological polar surface area (TPSA) is 65.8 Å². The van der Waals surface area contributed by atoms with Crippen LogP contribution in [-0.2, 0) is 9.53 Å². The first kappa shape index (κ1) is 19.2. The van der Waals surface area contributed by atoms with Crippen LogP contribution >= 0.6 is 0 Å². The first-order valence-electron chi connectivity index (χ1n) is 9.33. The quantitative estimate of drug-likeness (QED) is 0.716. The van der Waals surface area contributed by atoms with Gasteiger partial charge in [-0.1, -0.05) is 30.3 Å². The molecule has 1 fully saturated rings. The fourth-order valence-corrected chi connectivity index (χ4v) is 3.13. The summed E-state index contributed by atoms with van der Waals surface area (Å²) >= 11 is 0. The highest BCUT2D eigenvalue weighted by atomic mass is 16.5. The van der Waals surface area contributed by atoms with Crippen LogP contribution in [0.15, 0.2) is 42.5 Å². The normalized spacial score (nSPS) is 14.6. The van der Waals surface area contributed by atoms with Crippen LogP contribution in [0.2, 0.25) is 0 Å². The van der Waals surface area contributed by atoms with E-state index in [1.165, 1.54) is 0 Å². The minimum Gasteiger partial charge on any atom is -0.484 e. The van der Waals surface area contributed by atoms with Crippen LogP contribution in [0.25, 0.3) is 10.8 Å². The smallest absolute Gasteiger partial charge is 0.260 e. The molecule has 0 unspecified atom stereocenters. The van der Waals surface area contributed by atoms with Gasteiger partial charge in [-0.25, -0.2) is 0 Å². The zero-order chi connectivity index (χ0) is 18.9. The first-order chi connectivity index (χ1) is 13.3. The maximum atomic E-state index is 12.6. The van der Waals surface area contributed by atoms with Crippen LogP contribution < -0.4 is 4.74 Å². The molecule has 6 nitrogen and oxygen atoms in total. The van der Waals surface area contributed by atoms with E-state index >= 15 is 0 Å². The molecule has 6 heteroatoms. The number of morpholine rings is 1. The Morgan fingerprint density at radius 1 is 1.15 bits per heavy atom. The second-order valence-corrected chi connectivity index (χ2v) is 6.54. The lowest BCUT2D eigenvalue weighted by Crippen LogP contribution is -2.44. The highest BCUT2D eigenvalue weighted by molar-refractivity contribution is 5.84. The van der Waals surface area contributed by atoms with Gasteiger partial charge >= 0.3 is 0 Å². The zero-order valence-electron chi connectivity index (χ0n) is 15.5. The number of rotatable bonds is 8. The molecular formula is C21H25N3O3. The standard InChI is InChI=1S/C21H25N3O3/c22-8-3-9-24(11-10-23-12-14-26-15-13-23)21(25)17-27-20-7-6-18-4-1-2-5-19(18)16-20/h1-2,4-7,16H,3,9-15,17H2. The van der Waals surface area contributed by atoms with Gasteiger partial charge in [0.1, 0.15) is 5.75 Å². The molecule has 0 radical (unpaired) electrons. The molecular weight excluding hydrogens is 342 g/mol. The fourth-order valence-electron chi connectivity index (χ4n) is 3.13. The monoisotopic (exact) mass is 367 g/mol. The Kier molecular flexibility index (Phi) is 7.03. The van der Waals surface area contributed by atoms with Crippen LogP contribution in [0.5, 0.6) is 5.75 Å². The molecule has 0 aromatic heterocycles. The van der Waals surface area contributed by atoms with E-state index in [1.54, 1.807) is 4.90 Å². The van der Waals surface area contributed by atoms with Gasteiger partial charge in [-0.3, -0.25) is 9.69 Å². The summed E-state index contributed by atoms with van der Waals surface area (Å²) in [6.07, 6.45) is 0.324. The molecule has 3 rings (SSSR count). The van der Waals surface area contributed by atoms with Crippen molar-refractivity contribution in [1.82, 2.24) is 9.80 Å². The molecule has 1 aliphatic heterocycles. The third kappa shape index (κ3) is 5.68. The first-order valence-corrected chi connectivity index (χ1v) is 9.33. The van der Waals surface area contributed by atoms with Crippen LogP contribution in [0.4, 0.5) is 0 Å². The van der Waals surface area contributed by atoms with E-state index in [2.05, 4.69) is 11.0 Å². The van der Waals surface area contributed by atoms with Crippen molar-refractivity contribution in [3.8, 4) is 11.8 Å². The molecule has 1 saturated heterocycles. The summed E-state index contributed by atoms with van der Waals surface area (Å²) in [6.45, 7) is 5.03. The Labute approximate surface area is 159 Å². The lowest BCUT2D eigenvalue weighted by molar-refractivity contribution is -0.133. The molecule has 1 amide bonds. The van der Waals surface area contributed by atoms with E-state index in [0.717, 1.165) is 43.6 Å². The number of benzene rings is 2. The number of hydrogen-bond acceptors (Lipinski definition) is 5. The van der Waals surface area contributed by atoms with Crippen LogP contribution in [0.1, 0.15) is 6.42 Å². The summed E-state index contributed by atoms with van der Waals surface area (Å²) in [5, 5.41) is 11.1. The van der Waals surface area contributed by atoms with Crippen molar-refractivity contribution in [2.24, 2.45) is 0 Å². The summed E-state index contributed by atoms with van der Waals surface area (Å²) < 4.78 is 11.1. The molecule has 0 bridgehead atoms. The summed E-state index contributed by atoms with van der Waals surface area (Å²) in [6, 6.07) is 16.0. The predicted octanol–water partition coefficient (Wildman–Crippen LogP) is 2.29. The number of ether oxygens (including phenoxy) is 2. The Hall–Kier alpha value is -2.62. The molecule has 0 saturated carbocycles. The number of nitriles is 1. The second-order valence-electron chi connectivity index (χ2n) is 6.54. The van der Waals surface area contributed by atoms with Crippen LogP contribution in [-0.4, -0.2) is 68.3 Å². The van der Waals surface area contributed by atoms with Crippen molar-refractivity contribution in [2.75, 3.05) is 52.5 Å². The molecule has 0 N–H and O–H groups in total. The molecule has 142 valence electrons. The van der Waals surface area contributed by atoms with E-state index in [0.29, 0.717) is 25.3 Å². The number of amides is 1. The molecule has 2 aromatic carbocycles. The average Bonchev–Trinajstić information content (AvgIpc) is 2.72. The third-order valence-electron chi connectivity index (χ3n) is 4.72. The highest BCUT2D eigenvalue weighted by Gasteiger charge is 2.17. The number of carbonyl (C=O) groups excluding carboxylic acids is 1. The predicted molar refractivity (Wildman–Crippen MR) is 104 cm³/mol. The summed E-state index contributed by atoms with van der Waals surface area (Å²) in [7, 11) is 0. The maximum Gasteiger partial charge on any atom is 0.260 e. The molecule has 1 heterocycles. The molecule has 0 spiro atoms. The Morgan fingerprint density at radius 2 is 1.93 bits per heavy atom. The van der Waals surface area contributed by atoms with Gasteiger partial charge in [-0.15, -0.1) is 0 Å². The number of fused-ring (bicyclic) bond motifs is 1. The van der Waals surface area contributed by atoms with Crippen LogP contribution in [0.3, 0.4) is 0 Å². The van der Waals surface area contributed by atoms with Crippen LogP contribution in [0, 0.1) is 11.3 Å². The number of carbonyl (C=O) groups is 1. The van der Waals surface area contributed by atoms with Crippen molar-refractivity contribution < 1.29 is 14.3 Å². The number of hydrogen-bond donors (Lipinski definition) is 0. The van der Waals surface area contributed by atoms with E-state index in [1.807, 2.05) is 42.5 Å². The largest absolute Gasteiger partial charge is 0.484 e. The van der Waals surface area contributed by atoms with Gasteiger partial charge in [0.25, 0.3) is 5.91 Å². The van der Waals surface area contributed by atoms with Crippen molar-refractivity contribution in [3.05, 3.63) is 42.5 Å². The molecule has 27 heavy (non-hydrogen) atoms. The fraction of sp³-hybridized carbons (Fsp3) is 0.429. The van der Waals surface area contributed by atoms with Crippen molar-refractivity contribution >= 4 is 16.7 Å².